The molecule has 1 saturated heterocycles. The lowest BCUT2D eigenvalue weighted by molar-refractivity contribution is -0.119. The van der Waals surface area contributed by atoms with Crippen molar-refractivity contribution >= 4 is 34.6 Å². The molecule has 2 N–H and O–H groups in total. The number of benzene rings is 2. The molecule has 1 fully saturated rings. The van der Waals surface area contributed by atoms with E-state index in [2.05, 4.69) is 79.0 Å². The van der Waals surface area contributed by atoms with E-state index in [4.69, 9.17) is 21.9 Å². The number of hydrogen-bond donors (Lipinski definition) is 2. The van der Waals surface area contributed by atoms with Gasteiger partial charge in [0.2, 0.25) is 5.91 Å². The number of carbonyl (C=O) groups is 1. The SMILES string of the molecule is COCC(=O)Nc1ccc(N2C(=S)N[C@H](c3ccccn3)[C@H]2c2cc(C)n(-c3c(C)cc(C)cc3C)c2C)cc1C. The van der Waals surface area contributed by atoms with Crippen LogP contribution in [0.1, 0.15) is 57.0 Å². The van der Waals surface area contributed by atoms with Crippen molar-refractivity contribution in [2.24, 2.45) is 0 Å². The second-order valence-corrected chi connectivity index (χ2v) is 11.3. The zero-order chi connectivity index (χ0) is 29.4. The van der Waals surface area contributed by atoms with Crippen LogP contribution >= 0.6 is 12.2 Å². The second-order valence-electron chi connectivity index (χ2n) is 10.9. The number of ether oxygens (including phenoxy) is 1. The predicted molar refractivity (Wildman–Crippen MR) is 169 cm³/mol. The van der Waals surface area contributed by atoms with Gasteiger partial charge in [-0.2, -0.15) is 0 Å². The normalized spacial score (nSPS) is 16.7. The molecule has 212 valence electrons. The van der Waals surface area contributed by atoms with Gasteiger partial charge in [0, 0.05) is 36.1 Å². The summed E-state index contributed by atoms with van der Waals surface area (Å²) in [5.74, 6) is -0.191. The Kier molecular flexibility index (Phi) is 7.98. The van der Waals surface area contributed by atoms with Crippen molar-refractivity contribution in [3.63, 3.8) is 0 Å². The van der Waals surface area contributed by atoms with Gasteiger partial charge in [-0.3, -0.25) is 9.78 Å². The summed E-state index contributed by atoms with van der Waals surface area (Å²) < 4.78 is 7.34. The molecule has 3 heterocycles. The molecular formula is C33H37N5O2S. The number of rotatable bonds is 7. The summed E-state index contributed by atoms with van der Waals surface area (Å²) in [6, 6.07) is 18.5. The third kappa shape index (κ3) is 5.37. The van der Waals surface area contributed by atoms with Crippen LogP contribution in [0.15, 0.2) is 60.8 Å². The number of nitrogens with zero attached hydrogens (tertiary/aromatic N) is 3. The van der Waals surface area contributed by atoms with E-state index in [0.717, 1.165) is 28.3 Å². The quantitative estimate of drug-likeness (QED) is 0.249. The number of aromatic nitrogens is 2. The number of carbonyl (C=O) groups excluding carboxylic acids is 1. The van der Waals surface area contributed by atoms with Gasteiger partial charge in [-0.15, -0.1) is 0 Å². The van der Waals surface area contributed by atoms with Crippen molar-refractivity contribution in [2.75, 3.05) is 23.9 Å². The maximum Gasteiger partial charge on any atom is 0.250 e. The van der Waals surface area contributed by atoms with Gasteiger partial charge < -0.3 is 24.8 Å². The van der Waals surface area contributed by atoms with E-state index in [9.17, 15) is 4.79 Å². The van der Waals surface area contributed by atoms with Gasteiger partial charge in [-0.05, 0) is 112 Å². The van der Waals surface area contributed by atoms with E-state index in [0.29, 0.717) is 5.11 Å². The minimum Gasteiger partial charge on any atom is -0.375 e. The number of hydrogen-bond acceptors (Lipinski definition) is 4. The fourth-order valence-electron chi connectivity index (χ4n) is 6.16. The Morgan fingerprint density at radius 2 is 1.73 bits per heavy atom. The molecule has 0 aliphatic carbocycles. The summed E-state index contributed by atoms with van der Waals surface area (Å²) in [7, 11) is 1.51. The number of methoxy groups -OCH3 is 1. The maximum absolute atomic E-state index is 12.2. The standard InChI is InChI=1S/C33H37N5O2S/c1-19-14-21(3)31(22(4)15-19)37-23(5)17-26(24(37)6)32-30(28-10-8-9-13-34-28)36-33(41)38(32)25-11-12-27(20(2)16-25)35-29(39)18-40-7/h8-17,30,32H,18H2,1-7H3,(H,35,39)(H,36,41)/t30-,32-/m1/s1. The molecule has 0 unspecified atom stereocenters. The average molecular weight is 568 g/mol. The monoisotopic (exact) mass is 567 g/mol. The lowest BCUT2D eigenvalue weighted by Crippen LogP contribution is -2.29. The second kappa shape index (κ2) is 11.5. The van der Waals surface area contributed by atoms with E-state index in [1.807, 2.05) is 43.5 Å². The average Bonchev–Trinajstić information content (AvgIpc) is 3.41. The van der Waals surface area contributed by atoms with Crippen LogP contribution in [0.4, 0.5) is 11.4 Å². The smallest absolute Gasteiger partial charge is 0.250 e. The summed E-state index contributed by atoms with van der Waals surface area (Å²) in [6.07, 6.45) is 1.82. The number of pyridine rings is 1. The van der Waals surface area contributed by atoms with Crippen LogP contribution in [0.25, 0.3) is 5.69 Å². The van der Waals surface area contributed by atoms with Crippen molar-refractivity contribution < 1.29 is 9.53 Å². The molecule has 2 aromatic heterocycles. The first kappa shape index (κ1) is 28.5. The number of anilines is 2. The Balaban J connectivity index is 1.64. The fourth-order valence-corrected chi connectivity index (χ4v) is 6.51. The zero-order valence-corrected chi connectivity index (χ0v) is 25.5. The van der Waals surface area contributed by atoms with Crippen molar-refractivity contribution in [3.8, 4) is 5.69 Å². The molecule has 7 nitrogen and oxygen atoms in total. The highest BCUT2D eigenvalue weighted by molar-refractivity contribution is 7.80. The van der Waals surface area contributed by atoms with Crippen LogP contribution in [-0.2, 0) is 9.53 Å². The molecular weight excluding hydrogens is 530 g/mol. The predicted octanol–water partition coefficient (Wildman–Crippen LogP) is 6.48. The maximum atomic E-state index is 12.2. The van der Waals surface area contributed by atoms with Gasteiger partial charge in [0.25, 0.3) is 0 Å². The molecule has 1 amide bonds. The first-order chi connectivity index (χ1) is 19.6. The molecule has 5 rings (SSSR count). The van der Waals surface area contributed by atoms with E-state index < -0.39 is 0 Å². The van der Waals surface area contributed by atoms with Crippen LogP contribution in [0, 0.1) is 41.5 Å². The highest BCUT2D eigenvalue weighted by atomic mass is 32.1. The Bertz CT molecular complexity index is 1610. The van der Waals surface area contributed by atoms with E-state index >= 15 is 0 Å². The minimum absolute atomic E-state index is 0.00466. The highest BCUT2D eigenvalue weighted by Crippen LogP contribution is 2.44. The van der Waals surface area contributed by atoms with Gasteiger partial charge in [0.15, 0.2) is 5.11 Å². The number of nitrogens with one attached hydrogen (secondary N) is 2. The summed E-state index contributed by atoms with van der Waals surface area (Å²) >= 11 is 5.98. The van der Waals surface area contributed by atoms with Crippen LogP contribution < -0.4 is 15.5 Å². The Hall–Kier alpha value is -4.01. The van der Waals surface area contributed by atoms with E-state index in [-0.39, 0.29) is 24.6 Å². The van der Waals surface area contributed by atoms with Gasteiger partial charge >= 0.3 is 0 Å². The van der Waals surface area contributed by atoms with Gasteiger partial charge in [-0.1, -0.05) is 23.8 Å². The van der Waals surface area contributed by atoms with Crippen LogP contribution in [0.3, 0.4) is 0 Å². The first-order valence-corrected chi connectivity index (χ1v) is 14.2. The van der Waals surface area contributed by atoms with Crippen LogP contribution in [0.5, 0.6) is 0 Å². The number of amides is 1. The molecule has 41 heavy (non-hydrogen) atoms. The molecule has 1 aliphatic rings. The molecule has 2 atom stereocenters. The zero-order valence-electron chi connectivity index (χ0n) is 24.7. The molecule has 4 aromatic rings. The molecule has 1 aliphatic heterocycles. The van der Waals surface area contributed by atoms with Crippen LogP contribution in [0.2, 0.25) is 0 Å². The van der Waals surface area contributed by atoms with Crippen molar-refractivity contribution in [1.29, 1.82) is 0 Å². The van der Waals surface area contributed by atoms with Gasteiger partial charge in [0.1, 0.15) is 6.61 Å². The van der Waals surface area contributed by atoms with Crippen LogP contribution in [-0.4, -0.2) is 34.3 Å². The largest absolute Gasteiger partial charge is 0.375 e. The fraction of sp³-hybridized carbons (Fsp3) is 0.303. The lowest BCUT2D eigenvalue weighted by atomic mass is 9.96. The summed E-state index contributed by atoms with van der Waals surface area (Å²) in [5.41, 5.74) is 12.0. The minimum atomic E-state index is -0.191. The molecule has 0 bridgehead atoms. The third-order valence-electron chi connectivity index (χ3n) is 7.78. The van der Waals surface area contributed by atoms with Crippen molar-refractivity contribution in [1.82, 2.24) is 14.9 Å². The Morgan fingerprint density at radius 3 is 2.37 bits per heavy atom. The summed E-state index contributed by atoms with van der Waals surface area (Å²) in [4.78, 5) is 19.1. The van der Waals surface area contributed by atoms with Gasteiger partial charge in [0.05, 0.1) is 23.5 Å². The molecule has 8 heteroatoms. The molecule has 0 saturated carbocycles. The number of aryl methyl sites for hydroxylation is 5. The van der Waals surface area contributed by atoms with E-state index in [1.165, 1.54) is 40.7 Å². The highest BCUT2D eigenvalue weighted by Gasteiger charge is 2.42. The summed E-state index contributed by atoms with van der Waals surface area (Å²) in [5, 5.41) is 7.13. The third-order valence-corrected chi connectivity index (χ3v) is 8.10. The molecule has 0 spiro atoms. The topological polar surface area (TPSA) is 71.4 Å². The summed E-state index contributed by atoms with van der Waals surface area (Å²) in [6.45, 7) is 12.8. The van der Waals surface area contributed by atoms with Crippen molar-refractivity contribution in [2.45, 2.75) is 53.6 Å². The first-order valence-electron chi connectivity index (χ1n) is 13.8. The van der Waals surface area contributed by atoms with Crippen molar-refractivity contribution in [3.05, 3.63) is 106 Å². The number of thiocarbonyl (C=S) groups is 1. The van der Waals surface area contributed by atoms with E-state index in [1.54, 1.807) is 0 Å². The molecule has 2 aromatic carbocycles. The van der Waals surface area contributed by atoms with Gasteiger partial charge in [-0.25, -0.2) is 0 Å². The Labute approximate surface area is 247 Å². The molecule has 0 radical (unpaired) electrons. The lowest BCUT2D eigenvalue weighted by Gasteiger charge is -2.29. The Morgan fingerprint density at radius 1 is 1.00 bits per heavy atom.